The van der Waals surface area contributed by atoms with Gasteiger partial charge < -0.3 is 14.7 Å². The van der Waals surface area contributed by atoms with Gasteiger partial charge in [-0.15, -0.1) is 0 Å². The molecule has 1 N–H and O–H groups in total. The maximum absolute atomic E-state index is 11.3. The monoisotopic (exact) mass is 377 g/mol. The molecule has 1 saturated heterocycles. The van der Waals surface area contributed by atoms with Crippen LogP contribution in [0.5, 0.6) is 0 Å². The van der Waals surface area contributed by atoms with Crippen molar-refractivity contribution < 1.29 is 24.2 Å². The van der Waals surface area contributed by atoms with E-state index in [9.17, 15) is 14.7 Å². The molecule has 4 rings (SSSR count). The fraction of sp³-hybridized carbons (Fsp3) is 0.667. The highest BCUT2D eigenvalue weighted by Crippen LogP contribution is 2.47. The Bertz CT molecular complexity index is 614. The van der Waals surface area contributed by atoms with Gasteiger partial charge in [0.1, 0.15) is 0 Å². The van der Waals surface area contributed by atoms with Crippen molar-refractivity contribution in [2.45, 2.75) is 64.0 Å². The molecule has 2 aliphatic heterocycles. The zero-order chi connectivity index (χ0) is 19.9. The quantitative estimate of drug-likeness (QED) is 0.454. The second-order valence-electron chi connectivity index (χ2n) is 7.96. The standard InChI is InChI=1S/C11H18.C8H9NO3.C2H4O2/c1-11-8-4-2-6-10(11)7-3-5-9-11;10-5-6-4-8(12)2-1-3-9(8)7(6)11;1-4-2-3/h2,6,10H,3-5,7-9H2,1H3;4-5,12H,1-3H2;2H,1H3/t10-,11?;;/m0../s1. The van der Waals surface area contributed by atoms with E-state index >= 15 is 0 Å². The minimum absolute atomic E-state index is 0.0807. The van der Waals surface area contributed by atoms with Crippen LogP contribution in [0.25, 0.3) is 0 Å². The van der Waals surface area contributed by atoms with Gasteiger partial charge in [-0.1, -0.05) is 31.9 Å². The van der Waals surface area contributed by atoms with Crippen molar-refractivity contribution in [3.05, 3.63) is 23.8 Å². The number of ether oxygens (including phenoxy) is 1. The SMILES string of the molecule is CC12CCC=C[C@H]1CCCC2.COC=O.O=CC1=CC2(O)CCCN2C1=O. The van der Waals surface area contributed by atoms with E-state index in [4.69, 9.17) is 4.79 Å². The van der Waals surface area contributed by atoms with Crippen LogP contribution in [-0.2, 0) is 19.1 Å². The van der Waals surface area contributed by atoms with Crippen LogP contribution in [-0.4, -0.2) is 48.1 Å². The Morgan fingerprint density at radius 3 is 2.56 bits per heavy atom. The van der Waals surface area contributed by atoms with Crippen LogP contribution in [0.2, 0.25) is 0 Å². The topological polar surface area (TPSA) is 83.9 Å². The van der Waals surface area contributed by atoms with Crippen LogP contribution < -0.4 is 0 Å². The minimum atomic E-state index is -1.16. The molecule has 27 heavy (non-hydrogen) atoms. The van der Waals surface area contributed by atoms with Crippen LogP contribution in [0.4, 0.5) is 0 Å². The molecule has 1 amide bonds. The smallest absolute Gasteiger partial charge is 0.292 e. The van der Waals surface area contributed by atoms with Crippen molar-refractivity contribution in [3.8, 4) is 0 Å². The fourth-order valence-corrected chi connectivity index (χ4v) is 4.54. The second kappa shape index (κ2) is 9.31. The highest BCUT2D eigenvalue weighted by molar-refractivity contribution is 6.13. The molecular weight excluding hydrogens is 346 g/mol. The molecule has 0 aromatic carbocycles. The number of nitrogens with zero attached hydrogens (tertiary/aromatic N) is 1. The van der Waals surface area contributed by atoms with E-state index in [-0.39, 0.29) is 11.5 Å². The van der Waals surface area contributed by atoms with Gasteiger partial charge in [-0.05, 0) is 49.5 Å². The lowest BCUT2D eigenvalue weighted by Gasteiger charge is -2.42. The summed E-state index contributed by atoms with van der Waals surface area (Å²) in [5.41, 5.74) is -0.391. The fourth-order valence-electron chi connectivity index (χ4n) is 4.54. The van der Waals surface area contributed by atoms with Crippen molar-refractivity contribution in [3.63, 3.8) is 0 Å². The number of allylic oxidation sites excluding steroid dienone is 2. The van der Waals surface area contributed by atoms with Gasteiger partial charge in [0, 0.05) is 13.0 Å². The van der Waals surface area contributed by atoms with Crippen molar-refractivity contribution in [2.24, 2.45) is 11.3 Å². The third-order valence-corrected chi connectivity index (χ3v) is 6.15. The highest BCUT2D eigenvalue weighted by Gasteiger charge is 2.46. The van der Waals surface area contributed by atoms with Crippen LogP contribution >= 0.6 is 0 Å². The number of hydrogen-bond donors (Lipinski definition) is 1. The van der Waals surface area contributed by atoms with Gasteiger partial charge in [-0.25, -0.2) is 0 Å². The van der Waals surface area contributed by atoms with E-state index < -0.39 is 5.72 Å². The molecule has 0 spiro atoms. The summed E-state index contributed by atoms with van der Waals surface area (Å²) in [6.45, 7) is 3.41. The molecule has 2 unspecified atom stereocenters. The molecular formula is C21H31NO5. The first kappa shape index (κ1) is 21.4. The Labute approximate surface area is 161 Å². The number of carbonyl (C=O) groups excluding carboxylic acids is 3. The van der Waals surface area contributed by atoms with E-state index in [1.807, 2.05) is 0 Å². The number of aliphatic hydroxyl groups is 1. The lowest BCUT2D eigenvalue weighted by atomic mass is 9.63. The molecule has 4 aliphatic rings. The summed E-state index contributed by atoms with van der Waals surface area (Å²) in [7, 11) is 1.31. The number of carbonyl (C=O) groups is 3. The molecule has 150 valence electrons. The van der Waals surface area contributed by atoms with Gasteiger partial charge in [-0.3, -0.25) is 14.4 Å². The lowest BCUT2D eigenvalue weighted by molar-refractivity contribution is -0.137. The van der Waals surface area contributed by atoms with Gasteiger partial charge >= 0.3 is 0 Å². The number of methoxy groups -OCH3 is 1. The van der Waals surface area contributed by atoms with Crippen LogP contribution in [0, 0.1) is 11.3 Å². The highest BCUT2D eigenvalue weighted by atomic mass is 16.5. The van der Waals surface area contributed by atoms with E-state index in [1.54, 1.807) is 0 Å². The number of hydrogen-bond acceptors (Lipinski definition) is 5. The Morgan fingerprint density at radius 2 is 1.96 bits per heavy atom. The zero-order valence-corrected chi connectivity index (χ0v) is 16.4. The number of fused-ring (bicyclic) bond motifs is 2. The summed E-state index contributed by atoms with van der Waals surface area (Å²) in [6, 6.07) is 0. The molecule has 6 nitrogen and oxygen atoms in total. The number of aldehydes is 1. The molecule has 0 aromatic heterocycles. The largest absolute Gasteiger partial charge is 0.471 e. The van der Waals surface area contributed by atoms with E-state index in [0.29, 0.717) is 31.1 Å². The first-order valence-electron chi connectivity index (χ1n) is 9.76. The van der Waals surface area contributed by atoms with Gasteiger partial charge in [0.15, 0.2) is 12.0 Å². The van der Waals surface area contributed by atoms with Gasteiger partial charge in [-0.2, -0.15) is 0 Å². The molecule has 0 radical (unpaired) electrons. The summed E-state index contributed by atoms with van der Waals surface area (Å²) in [5, 5.41) is 9.77. The second-order valence-corrected chi connectivity index (χ2v) is 7.96. The molecule has 2 fully saturated rings. The molecule has 3 atom stereocenters. The molecule has 2 heterocycles. The van der Waals surface area contributed by atoms with Crippen LogP contribution in [0.1, 0.15) is 58.3 Å². The Balaban J connectivity index is 0.000000163. The predicted octanol–water partition coefficient (Wildman–Crippen LogP) is 2.76. The summed E-state index contributed by atoms with van der Waals surface area (Å²) in [4.78, 5) is 31.9. The average Bonchev–Trinajstić information content (AvgIpc) is 3.17. The van der Waals surface area contributed by atoms with Crippen molar-refractivity contribution in [1.82, 2.24) is 4.90 Å². The number of rotatable bonds is 2. The minimum Gasteiger partial charge on any atom is -0.471 e. The van der Waals surface area contributed by atoms with Crippen molar-refractivity contribution in [1.29, 1.82) is 0 Å². The summed E-state index contributed by atoms with van der Waals surface area (Å²) < 4.78 is 3.86. The lowest BCUT2D eigenvalue weighted by Crippen LogP contribution is -2.40. The zero-order valence-electron chi connectivity index (χ0n) is 16.4. The number of amides is 1. The molecule has 1 saturated carbocycles. The summed E-state index contributed by atoms with van der Waals surface area (Å²) in [5.74, 6) is 0.579. The van der Waals surface area contributed by atoms with Gasteiger partial charge in [0.25, 0.3) is 12.4 Å². The van der Waals surface area contributed by atoms with E-state index in [2.05, 4.69) is 23.8 Å². The first-order valence-corrected chi connectivity index (χ1v) is 9.76. The molecule has 0 aromatic rings. The normalized spacial score (nSPS) is 33.4. The first-order chi connectivity index (χ1) is 12.9. The Kier molecular flexibility index (Phi) is 7.36. The third-order valence-electron chi connectivity index (χ3n) is 6.15. The summed E-state index contributed by atoms with van der Waals surface area (Å²) >= 11 is 0. The molecule has 0 bridgehead atoms. The maximum atomic E-state index is 11.3. The van der Waals surface area contributed by atoms with Crippen molar-refractivity contribution >= 4 is 18.7 Å². The van der Waals surface area contributed by atoms with E-state index in [0.717, 1.165) is 12.3 Å². The van der Waals surface area contributed by atoms with Gasteiger partial charge in [0.05, 0.1) is 12.7 Å². The molecule has 2 aliphatic carbocycles. The average molecular weight is 377 g/mol. The Morgan fingerprint density at radius 1 is 1.22 bits per heavy atom. The van der Waals surface area contributed by atoms with Gasteiger partial charge in [0.2, 0.25) is 0 Å². The Hall–Kier alpha value is -1.95. The van der Waals surface area contributed by atoms with Crippen molar-refractivity contribution in [2.75, 3.05) is 13.7 Å². The third kappa shape index (κ3) is 4.86. The van der Waals surface area contributed by atoms with E-state index in [1.165, 1.54) is 56.6 Å². The summed E-state index contributed by atoms with van der Waals surface area (Å²) in [6.07, 6.45) is 16.7. The maximum Gasteiger partial charge on any atom is 0.292 e. The predicted molar refractivity (Wildman–Crippen MR) is 102 cm³/mol. The van der Waals surface area contributed by atoms with Crippen LogP contribution in [0.15, 0.2) is 23.8 Å². The van der Waals surface area contributed by atoms with Crippen LogP contribution in [0.3, 0.4) is 0 Å². The molecule has 6 heteroatoms.